The number of nitrogens with two attached hydrogens (primary N) is 1. The lowest BCUT2D eigenvalue weighted by Gasteiger charge is -2.15. The van der Waals surface area contributed by atoms with E-state index in [4.69, 9.17) is 5.73 Å². The molecule has 1 heterocycles. The molecular formula is C13H25N3. The Labute approximate surface area is 99.1 Å². The molecule has 0 spiro atoms. The number of imidazole rings is 1. The first-order valence-electron chi connectivity index (χ1n) is 6.40. The standard InChI is InChI=1S/C13H25N3/c1-4-9-16-10-8-15-13(16)7-5-6-12(14)11(2)3/h8,10-12H,4-7,9,14H2,1-3H3. The van der Waals surface area contributed by atoms with Gasteiger partial charge in [0.2, 0.25) is 0 Å². The number of aryl methyl sites for hydroxylation is 2. The second-order valence-corrected chi connectivity index (χ2v) is 4.84. The third-order valence-electron chi connectivity index (χ3n) is 3.06. The first-order chi connectivity index (χ1) is 7.65. The van der Waals surface area contributed by atoms with E-state index in [1.54, 1.807) is 0 Å². The minimum absolute atomic E-state index is 0.328. The summed E-state index contributed by atoms with van der Waals surface area (Å²) in [5, 5.41) is 0. The first-order valence-corrected chi connectivity index (χ1v) is 6.40. The zero-order valence-corrected chi connectivity index (χ0v) is 10.8. The molecule has 1 unspecified atom stereocenters. The lowest BCUT2D eigenvalue weighted by atomic mass is 9.99. The van der Waals surface area contributed by atoms with E-state index in [0.29, 0.717) is 12.0 Å². The maximum absolute atomic E-state index is 6.03. The molecule has 0 saturated carbocycles. The van der Waals surface area contributed by atoms with Crippen molar-refractivity contribution in [2.24, 2.45) is 11.7 Å². The van der Waals surface area contributed by atoms with Gasteiger partial charge in [0.05, 0.1) is 0 Å². The number of aromatic nitrogens is 2. The summed E-state index contributed by atoms with van der Waals surface area (Å²) in [7, 11) is 0. The van der Waals surface area contributed by atoms with Crippen LogP contribution in [0, 0.1) is 5.92 Å². The van der Waals surface area contributed by atoms with Crippen LogP contribution in [0.25, 0.3) is 0 Å². The molecular weight excluding hydrogens is 198 g/mol. The van der Waals surface area contributed by atoms with Crippen molar-refractivity contribution in [2.75, 3.05) is 0 Å². The van der Waals surface area contributed by atoms with Crippen LogP contribution >= 0.6 is 0 Å². The summed E-state index contributed by atoms with van der Waals surface area (Å²) >= 11 is 0. The average Bonchev–Trinajstić information content (AvgIpc) is 2.66. The van der Waals surface area contributed by atoms with Crippen molar-refractivity contribution in [2.45, 2.75) is 59.0 Å². The number of hydrogen-bond donors (Lipinski definition) is 1. The van der Waals surface area contributed by atoms with Gasteiger partial charge in [-0.2, -0.15) is 0 Å². The second kappa shape index (κ2) is 6.69. The van der Waals surface area contributed by atoms with Crippen LogP contribution in [0.3, 0.4) is 0 Å². The lowest BCUT2D eigenvalue weighted by molar-refractivity contribution is 0.448. The molecule has 3 heteroatoms. The SMILES string of the molecule is CCCn1ccnc1CCCC(N)C(C)C. The Morgan fingerprint density at radius 3 is 2.81 bits per heavy atom. The van der Waals surface area contributed by atoms with E-state index in [-0.39, 0.29) is 0 Å². The molecule has 1 aromatic rings. The topological polar surface area (TPSA) is 43.8 Å². The molecule has 0 bridgehead atoms. The molecule has 0 saturated heterocycles. The first kappa shape index (κ1) is 13.2. The van der Waals surface area contributed by atoms with Crippen LogP contribution < -0.4 is 5.73 Å². The largest absolute Gasteiger partial charge is 0.335 e. The quantitative estimate of drug-likeness (QED) is 0.772. The Morgan fingerprint density at radius 2 is 2.19 bits per heavy atom. The minimum atomic E-state index is 0.328. The molecule has 0 aromatic carbocycles. The van der Waals surface area contributed by atoms with Gasteiger partial charge in [-0.3, -0.25) is 0 Å². The van der Waals surface area contributed by atoms with Crippen LogP contribution in [0.15, 0.2) is 12.4 Å². The lowest BCUT2D eigenvalue weighted by Crippen LogP contribution is -2.26. The fourth-order valence-electron chi connectivity index (χ4n) is 1.84. The molecule has 92 valence electrons. The van der Waals surface area contributed by atoms with Gasteiger partial charge in [-0.25, -0.2) is 4.98 Å². The predicted molar refractivity (Wildman–Crippen MR) is 68.3 cm³/mol. The van der Waals surface area contributed by atoms with Crippen LogP contribution in [0.5, 0.6) is 0 Å². The van der Waals surface area contributed by atoms with E-state index < -0.39 is 0 Å². The average molecular weight is 223 g/mol. The number of hydrogen-bond acceptors (Lipinski definition) is 2. The third-order valence-corrected chi connectivity index (χ3v) is 3.06. The van der Waals surface area contributed by atoms with Gasteiger partial charge in [0, 0.05) is 31.4 Å². The molecule has 2 N–H and O–H groups in total. The maximum Gasteiger partial charge on any atom is 0.108 e. The third kappa shape index (κ3) is 3.97. The summed E-state index contributed by atoms with van der Waals surface area (Å²) < 4.78 is 2.25. The molecule has 0 aliphatic rings. The Bertz CT molecular complexity index is 291. The molecule has 1 rings (SSSR count). The maximum atomic E-state index is 6.03. The van der Waals surface area contributed by atoms with Crippen molar-refractivity contribution in [3.05, 3.63) is 18.2 Å². The van der Waals surface area contributed by atoms with Crippen molar-refractivity contribution in [3.8, 4) is 0 Å². The summed E-state index contributed by atoms with van der Waals surface area (Å²) in [6, 6.07) is 0.328. The molecule has 3 nitrogen and oxygen atoms in total. The molecule has 16 heavy (non-hydrogen) atoms. The van der Waals surface area contributed by atoms with Crippen molar-refractivity contribution >= 4 is 0 Å². The highest BCUT2D eigenvalue weighted by Crippen LogP contribution is 2.09. The molecule has 0 aliphatic carbocycles. The predicted octanol–water partition coefficient (Wildman–Crippen LogP) is 2.60. The van der Waals surface area contributed by atoms with Crippen LogP contribution in [0.4, 0.5) is 0 Å². The number of nitrogens with zero attached hydrogens (tertiary/aromatic N) is 2. The van der Waals surface area contributed by atoms with E-state index >= 15 is 0 Å². The molecule has 0 amide bonds. The Balaban J connectivity index is 2.34. The fraction of sp³-hybridized carbons (Fsp3) is 0.769. The summed E-state index contributed by atoms with van der Waals surface area (Å²) in [5.74, 6) is 1.79. The van der Waals surface area contributed by atoms with Gasteiger partial charge in [-0.1, -0.05) is 20.8 Å². The fourth-order valence-corrected chi connectivity index (χ4v) is 1.84. The monoisotopic (exact) mass is 223 g/mol. The van der Waals surface area contributed by atoms with Crippen LogP contribution in [0.1, 0.15) is 45.9 Å². The van der Waals surface area contributed by atoms with Gasteiger partial charge in [0.1, 0.15) is 5.82 Å². The molecule has 0 radical (unpaired) electrons. The van der Waals surface area contributed by atoms with E-state index in [9.17, 15) is 0 Å². The zero-order valence-electron chi connectivity index (χ0n) is 10.8. The van der Waals surface area contributed by atoms with Gasteiger partial charge in [0.15, 0.2) is 0 Å². The highest BCUT2D eigenvalue weighted by atomic mass is 15.1. The summed E-state index contributed by atoms with van der Waals surface area (Å²) in [6.07, 6.45) is 8.41. The Hall–Kier alpha value is -0.830. The summed E-state index contributed by atoms with van der Waals surface area (Å²) in [5.41, 5.74) is 6.03. The smallest absolute Gasteiger partial charge is 0.108 e. The molecule has 1 aromatic heterocycles. The van der Waals surface area contributed by atoms with Crippen molar-refractivity contribution in [1.82, 2.24) is 9.55 Å². The van der Waals surface area contributed by atoms with Crippen LogP contribution in [0.2, 0.25) is 0 Å². The second-order valence-electron chi connectivity index (χ2n) is 4.84. The zero-order chi connectivity index (χ0) is 12.0. The van der Waals surface area contributed by atoms with Gasteiger partial charge in [-0.05, 0) is 25.2 Å². The Morgan fingerprint density at radius 1 is 1.44 bits per heavy atom. The van der Waals surface area contributed by atoms with Crippen molar-refractivity contribution < 1.29 is 0 Å². The van der Waals surface area contributed by atoms with E-state index in [0.717, 1.165) is 32.2 Å². The Kier molecular flexibility index (Phi) is 5.53. The van der Waals surface area contributed by atoms with E-state index in [1.807, 2.05) is 6.20 Å². The van der Waals surface area contributed by atoms with Gasteiger partial charge in [0.25, 0.3) is 0 Å². The van der Waals surface area contributed by atoms with Crippen LogP contribution in [-0.2, 0) is 13.0 Å². The molecule has 0 fully saturated rings. The summed E-state index contributed by atoms with van der Waals surface area (Å²) in [6.45, 7) is 7.63. The van der Waals surface area contributed by atoms with Gasteiger partial charge < -0.3 is 10.3 Å². The van der Waals surface area contributed by atoms with E-state index in [2.05, 4.69) is 36.5 Å². The minimum Gasteiger partial charge on any atom is -0.335 e. The molecule has 0 aliphatic heterocycles. The highest BCUT2D eigenvalue weighted by molar-refractivity contribution is 4.92. The van der Waals surface area contributed by atoms with E-state index in [1.165, 1.54) is 5.82 Å². The van der Waals surface area contributed by atoms with Gasteiger partial charge in [-0.15, -0.1) is 0 Å². The van der Waals surface area contributed by atoms with Crippen LogP contribution in [-0.4, -0.2) is 15.6 Å². The summed E-state index contributed by atoms with van der Waals surface area (Å²) in [4.78, 5) is 4.40. The van der Waals surface area contributed by atoms with Gasteiger partial charge >= 0.3 is 0 Å². The van der Waals surface area contributed by atoms with Crippen molar-refractivity contribution in [1.29, 1.82) is 0 Å². The van der Waals surface area contributed by atoms with Crippen molar-refractivity contribution in [3.63, 3.8) is 0 Å². The normalized spacial score (nSPS) is 13.3. The molecule has 1 atom stereocenters. The number of rotatable bonds is 7. The highest BCUT2D eigenvalue weighted by Gasteiger charge is 2.08.